The Labute approximate surface area is 169 Å². The van der Waals surface area contributed by atoms with Crippen molar-refractivity contribution in [2.24, 2.45) is 5.14 Å². The van der Waals surface area contributed by atoms with Gasteiger partial charge in [0.15, 0.2) is 0 Å². The molecule has 3 aromatic rings. The Morgan fingerprint density at radius 3 is 2.39 bits per heavy atom. The molecule has 0 aromatic heterocycles. The number of primary sulfonamides is 1. The Bertz CT molecular complexity index is 1100. The standard InChI is InChI=1S/C21H20N2O3S2/c1-15-11-12-17(28(22,25)26)13-19(15)23-21(24)18-9-5-6-10-20(18)27-14-16-7-3-2-4-8-16/h2-13H,14H2,1H3,(H,23,24)(H2,22,25,26). The van der Waals surface area contributed by atoms with Crippen LogP contribution < -0.4 is 10.5 Å². The van der Waals surface area contributed by atoms with Crippen LogP contribution in [0.3, 0.4) is 0 Å². The molecule has 7 heteroatoms. The molecular weight excluding hydrogens is 392 g/mol. The largest absolute Gasteiger partial charge is 0.322 e. The fraction of sp³-hybridized carbons (Fsp3) is 0.0952. The maximum Gasteiger partial charge on any atom is 0.256 e. The summed E-state index contributed by atoms with van der Waals surface area (Å²) in [7, 11) is -3.85. The van der Waals surface area contributed by atoms with E-state index in [1.807, 2.05) is 42.5 Å². The number of rotatable bonds is 6. The summed E-state index contributed by atoms with van der Waals surface area (Å²) < 4.78 is 23.2. The molecule has 0 bridgehead atoms. The second-order valence-corrected chi connectivity index (χ2v) is 8.82. The molecule has 3 rings (SSSR count). The smallest absolute Gasteiger partial charge is 0.256 e. The van der Waals surface area contributed by atoms with Gasteiger partial charge in [-0.05, 0) is 42.3 Å². The Morgan fingerprint density at radius 2 is 1.68 bits per heavy atom. The molecule has 3 N–H and O–H groups in total. The Balaban J connectivity index is 1.82. The topological polar surface area (TPSA) is 89.3 Å². The highest BCUT2D eigenvalue weighted by atomic mass is 32.2. The second kappa shape index (κ2) is 8.60. The highest BCUT2D eigenvalue weighted by molar-refractivity contribution is 7.98. The molecule has 144 valence electrons. The van der Waals surface area contributed by atoms with Crippen molar-refractivity contribution < 1.29 is 13.2 Å². The van der Waals surface area contributed by atoms with E-state index in [1.54, 1.807) is 36.9 Å². The van der Waals surface area contributed by atoms with Gasteiger partial charge in [-0.15, -0.1) is 11.8 Å². The normalized spacial score (nSPS) is 11.2. The van der Waals surface area contributed by atoms with Gasteiger partial charge in [0.2, 0.25) is 10.0 Å². The van der Waals surface area contributed by atoms with Gasteiger partial charge in [0, 0.05) is 16.3 Å². The van der Waals surface area contributed by atoms with Crippen molar-refractivity contribution in [2.45, 2.75) is 22.5 Å². The molecule has 0 aliphatic rings. The van der Waals surface area contributed by atoms with E-state index >= 15 is 0 Å². The summed E-state index contributed by atoms with van der Waals surface area (Å²) in [6.45, 7) is 1.79. The molecule has 28 heavy (non-hydrogen) atoms. The molecule has 0 unspecified atom stereocenters. The number of anilines is 1. The van der Waals surface area contributed by atoms with Crippen LogP contribution in [0.5, 0.6) is 0 Å². The van der Waals surface area contributed by atoms with Crippen LogP contribution in [0.1, 0.15) is 21.5 Å². The van der Waals surface area contributed by atoms with E-state index in [2.05, 4.69) is 5.32 Å². The number of carbonyl (C=O) groups is 1. The minimum absolute atomic E-state index is 0.0415. The third-order valence-corrected chi connectivity index (χ3v) is 6.21. The summed E-state index contributed by atoms with van der Waals surface area (Å²) in [5, 5.41) is 8.00. The lowest BCUT2D eigenvalue weighted by atomic mass is 10.1. The van der Waals surface area contributed by atoms with Gasteiger partial charge in [-0.25, -0.2) is 13.6 Å². The lowest BCUT2D eigenvalue weighted by molar-refractivity contribution is 0.102. The average Bonchev–Trinajstić information content (AvgIpc) is 2.68. The van der Waals surface area contributed by atoms with Crippen molar-refractivity contribution in [3.63, 3.8) is 0 Å². The summed E-state index contributed by atoms with van der Waals surface area (Å²) in [6, 6.07) is 21.8. The minimum atomic E-state index is -3.85. The molecule has 3 aromatic carbocycles. The predicted molar refractivity (Wildman–Crippen MR) is 113 cm³/mol. The van der Waals surface area contributed by atoms with Gasteiger partial charge in [0.1, 0.15) is 0 Å². The van der Waals surface area contributed by atoms with Crippen molar-refractivity contribution in [2.75, 3.05) is 5.32 Å². The van der Waals surface area contributed by atoms with Crippen LogP contribution in [0.15, 0.2) is 82.6 Å². The number of carbonyl (C=O) groups excluding carboxylic acids is 1. The first-order valence-corrected chi connectivity index (χ1v) is 11.1. The van der Waals surface area contributed by atoms with Crippen molar-refractivity contribution in [1.82, 2.24) is 0 Å². The van der Waals surface area contributed by atoms with E-state index < -0.39 is 10.0 Å². The van der Waals surface area contributed by atoms with E-state index in [9.17, 15) is 13.2 Å². The Hall–Kier alpha value is -2.61. The number of aryl methyl sites for hydroxylation is 1. The molecule has 0 fully saturated rings. The van der Waals surface area contributed by atoms with Gasteiger partial charge >= 0.3 is 0 Å². The number of amides is 1. The van der Waals surface area contributed by atoms with E-state index in [1.165, 1.54) is 17.7 Å². The van der Waals surface area contributed by atoms with Crippen LogP contribution in [0.25, 0.3) is 0 Å². The third-order valence-electron chi connectivity index (χ3n) is 4.15. The zero-order valence-corrected chi connectivity index (χ0v) is 16.9. The van der Waals surface area contributed by atoms with Gasteiger partial charge in [-0.3, -0.25) is 4.79 Å². The first-order valence-electron chi connectivity index (χ1n) is 8.55. The van der Waals surface area contributed by atoms with Crippen LogP contribution in [0.4, 0.5) is 5.69 Å². The number of hydrogen-bond acceptors (Lipinski definition) is 4. The van der Waals surface area contributed by atoms with Gasteiger partial charge in [0.05, 0.1) is 10.5 Å². The van der Waals surface area contributed by atoms with E-state index in [-0.39, 0.29) is 10.8 Å². The first kappa shape index (κ1) is 20.1. The first-order chi connectivity index (χ1) is 13.3. The quantitative estimate of drug-likeness (QED) is 0.594. The molecule has 0 atom stereocenters. The number of thioether (sulfide) groups is 1. The fourth-order valence-electron chi connectivity index (χ4n) is 2.62. The number of nitrogens with one attached hydrogen (secondary N) is 1. The van der Waals surface area contributed by atoms with Crippen LogP contribution in [-0.4, -0.2) is 14.3 Å². The number of hydrogen-bond donors (Lipinski definition) is 2. The molecule has 0 radical (unpaired) electrons. The molecule has 0 aliphatic heterocycles. The summed E-state index contributed by atoms with van der Waals surface area (Å²) in [4.78, 5) is 13.7. The highest BCUT2D eigenvalue weighted by Gasteiger charge is 2.15. The minimum Gasteiger partial charge on any atom is -0.322 e. The molecular formula is C21H20N2O3S2. The summed E-state index contributed by atoms with van der Waals surface area (Å²) in [5.74, 6) is 0.441. The van der Waals surface area contributed by atoms with Crippen LogP contribution in [0, 0.1) is 6.92 Å². The van der Waals surface area contributed by atoms with E-state index in [0.717, 1.165) is 16.2 Å². The van der Waals surface area contributed by atoms with Crippen molar-refractivity contribution in [1.29, 1.82) is 0 Å². The SMILES string of the molecule is Cc1ccc(S(N)(=O)=O)cc1NC(=O)c1ccccc1SCc1ccccc1. The summed E-state index contributed by atoms with van der Waals surface area (Å²) >= 11 is 1.57. The molecule has 0 spiro atoms. The number of nitrogens with two attached hydrogens (primary N) is 1. The molecule has 1 amide bonds. The third kappa shape index (κ3) is 5.01. The highest BCUT2D eigenvalue weighted by Crippen LogP contribution is 2.28. The van der Waals surface area contributed by atoms with Gasteiger partial charge < -0.3 is 5.32 Å². The van der Waals surface area contributed by atoms with E-state index in [0.29, 0.717) is 11.3 Å². The van der Waals surface area contributed by atoms with Crippen molar-refractivity contribution in [3.8, 4) is 0 Å². The van der Waals surface area contributed by atoms with Crippen LogP contribution in [0.2, 0.25) is 0 Å². The number of sulfonamides is 1. The molecule has 0 saturated carbocycles. The van der Waals surface area contributed by atoms with Gasteiger partial charge in [0.25, 0.3) is 5.91 Å². The summed E-state index contributed by atoms with van der Waals surface area (Å²) in [5.41, 5.74) is 2.86. The van der Waals surface area contributed by atoms with Crippen molar-refractivity contribution in [3.05, 3.63) is 89.5 Å². The second-order valence-electron chi connectivity index (χ2n) is 6.25. The lowest BCUT2D eigenvalue weighted by Crippen LogP contribution is -2.16. The Morgan fingerprint density at radius 1 is 1.00 bits per heavy atom. The fourth-order valence-corrected chi connectivity index (χ4v) is 4.16. The molecule has 5 nitrogen and oxygen atoms in total. The van der Waals surface area contributed by atoms with Gasteiger partial charge in [-0.2, -0.15) is 0 Å². The monoisotopic (exact) mass is 412 g/mol. The molecule has 0 aliphatic carbocycles. The number of benzene rings is 3. The maximum absolute atomic E-state index is 12.9. The Kier molecular flexibility index (Phi) is 6.18. The lowest BCUT2D eigenvalue weighted by Gasteiger charge is -2.12. The zero-order chi connectivity index (χ0) is 20.1. The maximum atomic E-state index is 12.9. The van der Waals surface area contributed by atoms with Crippen LogP contribution >= 0.6 is 11.8 Å². The zero-order valence-electron chi connectivity index (χ0n) is 15.3. The average molecular weight is 413 g/mol. The van der Waals surface area contributed by atoms with Gasteiger partial charge in [-0.1, -0.05) is 48.5 Å². The van der Waals surface area contributed by atoms with Crippen molar-refractivity contribution >= 4 is 33.4 Å². The van der Waals surface area contributed by atoms with E-state index in [4.69, 9.17) is 5.14 Å². The van der Waals surface area contributed by atoms with Crippen LogP contribution in [-0.2, 0) is 15.8 Å². The molecule has 0 heterocycles. The molecule has 0 saturated heterocycles. The summed E-state index contributed by atoms with van der Waals surface area (Å²) in [6.07, 6.45) is 0. The predicted octanol–water partition coefficient (Wildman–Crippen LogP) is 4.19.